The highest BCUT2D eigenvalue weighted by atomic mass is 32.2. The Bertz CT molecular complexity index is 231. The normalized spacial score (nSPS) is 11.2. The molecule has 88 valence electrons. The average Bonchev–Trinajstić information content (AvgIpc) is 2.18. The Morgan fingerprint density at radius 1 is 1.33 bits per heavy atom. The van der Waals surface area contributed by atoms with Crippen molar-refractivity contribution in [3.8, 4) is 0 Å². The largest absolute Gasteiger partial charge is 0.461 e. The molecule has 0 aromatic carbocycles. The number of thioether (sulfide) groups is 1. The van der Waals surface area contributed by atoms with Crippen LogP contribution in [0, 0.1) is 0 Å². The average molecular weight is 240 g/mol. The molecule has 0 atom stereocenters. The minimum Gasteiger partial charge on any atom is -0.461 e. The van der Waals surface area contributed by atoms with Gasteiger partial charge in [-0.1, -0.05) is 6.92 Å². The lowest BCUT2D eigenvalue weighted by molar-refractivity contribution is -0.175. The summed E-state index contributed by atoms with van der Waals surface area (Å²) in [7, 11) is 0. The van der Waals surface area contributed by atoms with E-state index in [-0.39, 0.29) is 12.4 Å². The lowest BCUT2D eigenvalue weighted by atomic mass is 10.2. The van der Waals surface area contributed by atoms with Crippen molar-refractivity contribution in [3.05, 3.63) is 0 Å². The quantitative estimate of drug-likeness (QED) is 0.387. The first kappa shape index (κ1) is 14.3. The van der Waals surface area contributed by atoms with Crippen LogP contribution in [0.4, 0.5) is 8.78 Å². The highest BCUT2D eigenvalue weighted by Crippen LogP contribution is 2.19. The molecule has 0 N–H and O–H groups in total. The van der Waals surface area contributed by atoms with Gasteiger partial charge in [0.2, 0.25) is 5.78 Å². The van der Waals surface area contributed by atoms with Crippen molar-refractivity contribution in [1.82, 2.24) is 0 Å². The molecule has 0 saturated heterocycles. The number of ether oxygens (including phenoxy) is 1. The number of hydrogen-bond donors (Lipinski definition) is 0. The number of alkyl halides is 2. The minimum atomic E-state index is -4.00. The molecule has 0 rings (SSSR count). The Kier molecular flexibility index (Phi) is 6.47. The Labute approximate surface area is 91.5 Å². The van der Waals surface area contributed by atoms with E-state index in [0.717, 1.165) is 18.2 Å². The summed E-state index contributed by atoms with van der Waals surface area (Å²) in [5.74, 6) is -6.90. The third-order valence-electron chi connectivity index (χ3n) is 1.46. The lowest BCUT2D eigenvalue weighted by Crippen LogP contribution is -2.40. The van der Waals surface area contributed by atoms with Crippen molar-refractivity contribution in [2.45, 2.75) is 26.2 Å². The fourth-order valence-electron chi connectivity index (χ4n) is 0.735. The van der Waals surface area contributed by atoms with Crippen LogP contribution >= 0.6 is 11.8 Å². The molecule has 0 unspecified atom stereocenters. The van der Waals surface area contributed by atoms with E-state index in [9.17, 15) is 18.4 Å². The highest BCUT2D eigenvalue weighted by molar-refractivity contribution is 7.99. The van der Waals surface area contributed by atoms with Gasteiger partial charge in [-0.05, 0) is 19.1 Å². The molecule has 0 fully saturated rings. The third kappa shape index (κ3) is 4.59. The van der Waals surface area contributed by atoms with Gasteiger partial charge in [-0.25, -0.2) is 4.79 Å². The van der Waals surface area contributed by atoms with Crippen LogP contribution in [0.3, 0.4) is 0 Å². The fraction of sp³-hybridized carbons (Fsp3) is 0.778. The molecule has 15 heavy (non-hydrogen) atoms. The van der Waals surface area contributed by atoms with Crippen molar-refractivity contribution in [3.63, 3.8) is 0 Å². The number of halogens is 2. The molecule has 0 spiro atoms. The van der Waals surface area contributed by atoms with Crippen LogP contribution in [-0.4, -0.2) is 35.8 Å². The molecule has 0 aliphatic carbocycles. The SMILES string of the molecule is CCCSCC(=O)C(F)(F)C(=O)OCC. The van der Waals surface area contributed by atoms with Gasteiger partial charge in [-0.2, -0.15) is 20.5 Å². The Hall–Kier alpha value is -0.650. The van der Waals surface area contributed by atoms with Crippen LogP contribution < -0.4 is 0 Å². The van der Waals surface area contributed by atoms with E-state index in [1.807, 2.05) is 6.92 Å². The molecule has 0 radical (unpaired) electrons. The summed E-state index contributed by atoms with van der Waals surface area (Å²) in [4.78, 5) is 21.7. The standard InChI is InChI=1S/C9H14F2O3S/c1-3-5-15-6-7(12)9(10,11)8(13)14-4-2/h3-6H2,1-2H3. The van der Waals surface area contributed by atoms with E-state index in [0.29, 0.717) is 5.75 Å². The van der Waals surface area contributed by atoms with E-state index < -0.39 is 17.7 Å². The van der Waals surface area contributed by atoms with Gasteiger partial charge in [-0.3, -0.25) is 4.79 Å². The lowest BCUT2D eigenvalue weighted by Gasteiger charge is -2.12. The maximum atomic E-state index is 13.0. The number of carbonyl (C=O) groups is 2. The van der Waals surface area contributed by atoms with Gasteiger partial charge in [0.1, 0.15) is 0 Å². The van der Waals surface area contributed by atoms with E-state index in [4.69, 9.17) is 0 Å². The van der Waals surface area contributed by atoms with Gasteiger partial charge in [0.15, 0.2) is 0 Å². The van der Waals surface area contributed by atoms with E-state index in [2.05, 4.69) is 4.74 Å². The minimum absolute atomic E-state index is 0.163. The number of esters is 1. The molecule has 0 aromatic rings. The molecule has 6 heteroatoms. The topological polar surface area (TPSA) is 43.4 Å². The van der Waals surface area contributed by atoms with Gasteiger partial charge < -0.3 is 4.74 Å². The van der Waals surface area contributed by atoms with Crippen molar-refractivity contribution >= 4 is 23.5 Å². The zero-order valence-corrected chi connectivity index (χ0v) is 9.53. The number of ketones is 1. The number of carbonyl (C=O) groups excluding carboxylic acids is 2. The van der Waals surface area contributed by atoms with Crippen LogP contribution in [0.5, 0.6) is 0 Å². The van der Waals surface area contributed by atoms with Crippen LogP contribution in [0.15, 0.2) is 0 Å². The van der Waals surface area contributed by atoms with Crippen molar-refractivity contribution < 1.29 is 23.1 Å². The second-order valence-corrected chi connectivity index (χ2v) is 3.88. The highest BCUT2D eigenvalue weighted by Gasteiger charge is 2.48. The maximum absolute atomic E-state index is 13.0. The van der Waals surface area contributed by atoms with Crippen LogP contribution in [0.2, 0.25) is 0 Å². The summed E-state index contributed by atoms with van der Waals surface area (Å²) in [5.41, 5.74) is 0. The summed E-state index contributed by atoms with van der Waals surface area (Å²) in [5, 5.41) is 0. The van der Waals surface area contributed by atoms with Gasteiger partial charge in [0.05, 0.1) is 12.4 Å². The Morgan fingerprint density at radius 2 is 1.93 bits per heavy atom. The third-order valence-corrected chi connectivity index (χ3v) is 2.63. The van der Waals surface area contributed by atoms with Gasteiger partial charge in [0, 0.05) is 0 Å². The summed E-state index contributed by atoms with van der Waals surface area (Å²) >= 11 is 1.09. The molecule has 0 aliphatic rings. The molecular weight excluding hydrogens is 226 g/mol. The van der Waals surface area contributed by atoms with Gasteiger partial charge >= 0.3 is 11.9 Å². The molecule has 0 saturated carbocycles. The first-order chi connectivity index (χ1) is 6.96. The summed E-state index contributed by atoms with van der Waals surface area (Å²) < 4.78 is 30.1. The second kappa shape index (κ2) is 6.76. The van der Waals surface area contributed by atoms with Crippen LogP contribution in [0.25, 0.3) is 0 Å². The molecular formula is C9H14F2O3S. The fourth-order valence-corrected chi connectivity index (χ4v) is 1.54. The molecule has 0 bridgehead atoms. The predicted molar refractivity (Wildman–Crippen MR) is 54.2 cm³/mol. The zero-order chi connectivity index (χ0) is 11.9. The first-order valence-corrected chi connectivity index (χ1v) is 5.78. The summed E-state index contributed by atoms with van der Waals surface area (Å²) in [6.45, 7) is 3.12. The number of Topliss-reactive ketones (excluding diaryl/α,β-unsaturated/α-hetero) is 1. The zero-order valence-electron chi connectivity index (χ0n) is 8.72. The Balaban J connectivity index is 4.19. The number of rotatable bonds is 7. The molecule has 0 heterocycles. The predicted octanol–water partition coefficient (Wildman–Crippen LogP) is 1.90. The van der Waals surface area contributed by atoms with E-state index in [1.165, 1.54) is 6.92 Å². The van der Waals surface area contributed by atoms with Crippen molar-refractivity contribution in [2.75, 3.05) is 18.1 Å². The second-order valence-electron chi connectivity index (χ2n) is 2.77. The van der Waals surface area contributed by atoms with Gasteiger partial charge in [0.25, 0.3) is 0 Å². The van der Waals surface area contributed by atoms with E-state index >= 15 is 0 Å². The first-order valence-electron chi connectivity index (χ1n) is 4.62. The van der Waals surface area contributed by atoms with Crippen molar-refractivity contribution in [2.24, 2.45) is 0 Å². The molecule has 0 aliphatic heterocycles. The molecule has 0 aromatic heterocycles. The van der Waals surface area contributed by atoms with Crippen LogP contribution in [0.1, 0.15) is 20.3 Å². The van der Waals surface area contributed by atoms with Crippen LogP contribution in [-0.2, 0) is 14.3 Å². The number of hydrogen-bond acceptors (Lipinski definition) is 4. The summed E-state index contributed by atoms with van der Waals surface area (Å²) in [6.07, 6.45) is 0.795. The summed E-state index contributed by atoms with van der Waals surface area (Å²) in [6, 6.07) is 0. The smallest absolute Gasteiger partial charge is 0.400 e. The molecule has 0 amide bonds. The molecule has 3 nitrogen and oxygen atoms in total. The maximum Gasteiger partial charge on any atom is 0.400 e. The van der Waals surface area contributed by atoms with Crippen molar-refractivity contribution in [1.29, 1.82) is 0 Å². The van der Waals surface area contributed by atoms with E-state index in [1.54, 1.807) is 0 Å². The van der Waals surface area contributed by atoms with Gasteiger partial charge in [-0.15, -0.1) is 0 Å². The Morgan fingerprint density at radius 3 is 2.40 bits per heavy atom. The monoisotopic (exact) mass is 240 g/mol.